The van der Waals surface area contributed by atoms with Gasteiger partial charge in [-0.3, -0.25) is 0 Å². The fraction of sp³-hybridized carbons (Fsp3) is 0.444. The summed E-state index contributed by atoms with van der Waals surface area (Å²) in [6.45, 7) is 4.13. The third kappa shape index (κ3) is 2.99. The van der Waals surface area contributed by atoms with Gasteiger partial charge in [0, 0.05) is 11.4 Å². The van der Waals surface area contributed by atoms with E-state index in [4.69, 9.17) is 5.11 Å². The van der Waals surface area contributed by atoms with Crippen molar-refractivity contribution in [3.63, 3.8) is 0 Å². The van der Waals surface area contributed by atoms with Crippen LogP contribution in [0.25, 0.3) is 0 Å². The van der Waals surface area contributed by atoms with Crippen LogP contribution in [0.2, 0.25) is 0 Å². The van der Waals surface area contributed by atoms with Gasteiger partial charge in [0.1, 0.15) is 0 Å². The number of hydrogen-bond donors (Lipinski definition) is 1. The van der Waals surface area contributed by atoms with Gasteiger partial charge in [-0.25, -0.2) is 14.8 Å². The lowest BCUT2D eigenvalue weighted by Gasteiger charge is -2.05. The van der Waals surface area contributed by atoms with Gasteiger partial charge in [0.05, 0.1) is 0 Å². The van der Waals surface area contributed by atoms with Crippen molar-refractivity contribution in [1.29, 1.82) is 0 Å². The zero-order chi connectivity index (χ0) is 10.6. The molecule has 1 rings (SSSR count). The zero-order valence-corrected chi connectivity index (χ0v) is 8.91. The van der Waals surface area contributed by atoms with Crippen molar-refractivity contribution in [2.75, 3.05) is 0 Å². The highest BCUT2D eigenvalue weighted by Crippen LogP contribution is 2.20. The maximum absolute atomic E-state index is 10.6. The lowest BCUT2D eigenvalue weighted by atomic mass is 10.4. The van der Waals surface area contributed by atoms with E-state index in [0.717, 1.165) is 6.42 Å². The Hall–Kier alpha value is -1.10. The molecule has 0 aliphatic heterocycles. The fourth-order valence-electron chi connectivity index (χ4n) is 0.780. The molecule has 0 amide bonds. The molecule has 14 heavy (non-hydrogen) atoms. The van der Waals surface area contributed by atoms with Crippen LogP contribution in [0.5, 0.6) is 0 Å². The summed E-state index contributed by atoms with van der Waals surface area (Å²) in [6.07, 6.45) is 2.48. The Balaban J connectivity index is 2.78. The monoisotopic (exact) mass is 212 g/mol. The van der Waals surface area contributed by atoms with Gasteiger partial charge in [0.25, 0.3) is 0 Å². The molecular weight excluding hydrogens is 200 g/mol. The lowest BCUT2D eigenvalue weighted by Crippen LogP contribution is -2.03. The van der Waals surface area contributed by atoms with E-state index < -0.39 is 5.97 Å². The molecule has 0 saturated carbocycles. The third-order valence-corrected chi connectivity index (χ3v) is 2.88. The standard InChI is InChI=1S/C9H12N2O2S/c1-3-6(2)14-9-10-5-4-7(11-9)8(12)13/h4-6H,3H2,1-2H3,(H,12,13). The molecular formula is C9H12N2O2S. The van der Waals surface area contributed by atoms with E-state index >= 15 is 0 Å². The summed E-state index contributed by atoms with van der Waals surface area (Å²) in [5.74, 6) is -1.02. The molecule has 0 radical (unpaired) electrons. The van der Waals surface area contributed by atoms with Crippen molar-refractivity contribution < 1.29 is 9.90 Å². The van der Waals surface area contributed by atoms with Crippen LogP contribution < -0.4 is 0 Å². The second kappa shape index (κ2) is 4.95. The van der Waals surface area contributed by atoms with Gasteiger partial charge in [0.15, 0.2) is 10.9 Å². The Kier molecular flexibility index (Phi) is 3.88. The van der Waals surface area contributed by atoms with Gasteiger partial charge in [0.2, 0.25) is 0 Å². The average molecular weight is 212 g/mol. The predicted octanol–water partition coefficient (Wildman–Crippen LogP) is 2.07. The first-order valence-corrected chi connectivity index (χ1v) is 5.24. The van der Waals surface area contributed by atoms with Crippen molar-refractivity contribution in [3.05, 3.63) is 18.0 Å². The second-order valence-corrected chi connectivity index (χ2v) is 4.27. The number of nitrogens with zero attached hydrogens (tertiary/aromatic N) is 2. The maximum atomic E-state index is 10.6. The van der Waals surface area contributed by atoms with Crippen molar-refractivity contribution in [2.45, 2.75) is 30.7 Å². The van der Waals surface area contributed by atoms with Gasteiger partial charge in [-0.05, 0) is 12.5 Å². The molecule has 76 valence electrons. The summed E-state index contributed by atoms with van der Waals surface area (Å²) in [7, 11) is 0. The minimum atomic E-state index is -1.02. The minimum Gasteiger partial charge on any atom is -0.477 e. The molecule has 1 aromatic heterocycles. The Morgan fingerprint density at radius 1 is 1.71 bits per heavy atom. The summed E-state index contributed by atoms with van der Waals surface area (Å²) in [5.41, 5.74) is 0.0470. The maximum Gasteiger partial charge on any atom is 0.354 e. The molecule has 1 unspecified atom stereocenters. The molecule has 1 heterocycles. The Labute approximate surface area is 86.8 Å². The minimum absolute atomic E-state index is 0.0470. The van der Waals surface area contributed by atoms with E-state index in [0.29, 0.717) is 10.4 Å². The third-order valence-electron chi connectivity index (χ3n) is 1.73. The van der Waals surface area contributed by atoms with Crippen LogP contribution >= 0.6 is 11.8 Å². The van der Waals surface area contributed by atoms with E-state index in [9.17, 15) is 4.79 Å². The zero-order valence-electron chi connectivity index (χ0n) is 8.10. The Morgan fingerprint density at radius 3 is 3.00 bits per heavy atom. The highest BCUT2D eigenvalue weighted by atomic mass is 32.2. The predicted molar refractivity (Wildman–Crippen MR) is 54.6 cm³/mol. The molecule has 5 heteroatoms. The number of rotatable bonds is 4. The van der Waals surface area contributed by atoms with Crippen LogP contribution in [0.1, 0.15) is 30.8 Å². The molecule has 4 nitrogen and oxygen atoms in total. The van der Waals surface area contributed by atoms with E-state index in [2.05, 4.69) is 23.8 Å². The summed E-state index contributed by atoms with van der Waals surface area (Å²) >= 11 is 1.49. The normalized spacial score (nSPS) is 12.4. The SMILES string of the molecule is CCC(C)Sc1nccc(C(=O)O)n1. The van der Waals surface area contributed by atoms with Crippen LogP contribution in [0.3, 0.4) is 0 Å². The van der Waals surface area contributed by atoms with Crippen LogP contribution in [0, 0.1) is 0 Å². The largest absolute Gasteiger partial charge is 0.477 e. The quantitative estimate of drug-likeness (QED) is 0.611. The summed E-state index contributed by atoms with van der Waals surface area (Å²) in [6, 6.07) is 1.39. The van der Waals surface area contributed by atoms with Crippen molar-refractivity contribution in [3.8, 4) is 0 Å². The summed E-state index contributed by atoms with van der Waals surface area (Å²) < 4.78 is 0. The molecule has 1 aromatic rings. The van der Waals surface area contributed by atoms with Gasteiger partial charge < -0.3 is 5.11 Å². The fourth-order valence-corrected chi connectivity index (χ4v) is 1.58. The molecule has 0 saturated heterocycles. The van der Waals surface area contributed by atoms with Crippen LogP contribution in [-0.2, 0) is 0 Å². The summed E-state index contributed by atoms with van der Waals surface area (Å²) in [5, 5.41) is 9.63. The molecule has 0 spiro atoms. The van der Waals surface area contributed by atoms with E-state index in [1.54, 1.807) is 0 Å². The first kappa shape index (κ1) is 11.0. The number of carboxylic acids is 1. The van der Waals surface area contributed by atoms with Gasteiger partial charge in [-0.1, -0.05) is 25.6 Å². The number of carboxylic acid groups (broad SMARTS) is 1. The van der Waals surface area contributed by atoms with Crippen LogP contribution in [-0.4, -0.2) is 26.3 Å². The van der Waals surface area contributed by atoms with Crippen LogP contribution in [0.4, 0.5) is 0 Å². The number of hydrogen-bond acceptors (Lipinski definition) is 4. The topological polar surface area (TPSA) is 63.1 Å². The second-order valence-electron chi connectivity index (χ2n) is 2.87. The highest BCUT2D eigenvalue weighted by molar-refractivity contribution is 7.99. The van der Waals surface area contributed by atoms with E-state index in [1.165, 1.54) is 24.0 Å². The Morgan fingerprint density at radius 2 is 2.43 bits per heavy atom. The van der Waals surface area contributed by atoms with Crippen molar-refractivity contribution >= 4 is 17.7 Å². The van der Waals surface area contributed by atoms with E-state index in [-0.39, 0.29) is 5.69 Å². The number of thioether (sulfide) groups is 1. The summed E-state index contributed by atoms with van der Waals surface area (Å²) in [4.78, 5) is 18.5. The van der Waals surface area contributed by atoms with Gasteiger partial charge in [-0.2, -0.15) is 0 Å². The Bertz CT molecular complexity index is 330. The molecule has 1 N–H and O–H groups in total. The van der Waals surface area contributed by atoms with Crippen LogP contribution in [0.15, 0.2) is 17.4 Å². The van der Waals surface area contributed by atoms with E-state index in [1.807, 2.05) is 0 Å². The van der Waals surface area contributed by atoms with Crippen molar-refractivity contribution in [1.82, 2.24) is 9.97 Å². The molecule has 0 bridgehead atoms. The number of aromatic carboxylic acids is 1. The number of carbonyl (C=O) groups is 1. The smallest absolute Gasteiger partial charge is 0.354 e. The molecule has 1 atom stereocenters. The molecule has 0 aliphatic rings. The molecule has 0 fully saturated rings. The molecule has 0 aliphatic carbocycles. The van der Waals surface area contributed by atoms with Crippen molar-refractivity contribution in [2.24, 2.45) is 0 Å². The van der Waals surface area contributed by atoms with Gasteiger partial charge >= 0.3 is 5.97 Å². The first-order valence-electron chi connectivity index (χ1n) is 4.36. The molecule has 0 aromatic carbocycles. The highest BCUT2D eigenvalue weighted by Gasteiger charge is 2.08. The average Bonchev–Trinajstić information content (AvgIpc) is 2.18. The lowest BCUT2D eigenvalue weighted by molar-refractivity contribution is 0.0689. The number of aromatic nitrogens is 2. The van der Waals surface area contributed by atoms with Gasteiger partial charge in [-0.15, -0.1) is 0 Å². The first-order chi connectivity index (χ1) is 6.63.